The lowest BCUT2D eigenvalue weighted by atomic mass is 10.1. The molecule has 4 aromatic rings. The number of rotatable bonds is 2. The first kappa shape index (κ1) is 17.9. The van der Waals surface area contributed by atoms with Gasteiger partial charge in [-0.25, -0.2) is 9.97 Å². The van der Waals surface area contributed by atoms with Gasteiger partial charge in [0.2, 0.25) is 0 Å². The van der Waals surface area contributed by atoms with E-state index in [4.69, 9.17) is 16.6 Å². The smallest absolute Gasteiger partial charge is 0.161 e. The van der Waals surface area contributed by atoms with Crippen LogP contribution in [0.25, 0.3) is 33.2 Å². The van der Waals surface area contributed by atoms with Gasteiger partial charge >= 0.3 is 0 Å². The maximum atomic E-state index is 10.5. The Balaban J connectivity index is 1.41. The van der Waals surface area contributed by atoms with E-state index in [1.165, 1.54) is 12.8 Å². The number of aryl methyl sites for hydroxylation is 1. The number of anilines is 1. The molecule has 30 heavy (non-hydrogen) atoms. The normalized spacial score (nSPS) is 17.9. The van der Waals surface area contributed by atoms with E-state index in [1.807, 2.05) is 37.6 Å². The molecular formula is C22H21ClN6O. The molecule has 2 aliphatic rings. The van der Waals surface area contributed by atoms with E-state index in [2.05, 4.69) is 20.3 Å². The third-order valence-electron chi connectivity index (χ3n) is 6.23. The third-order valence-corrected chi connectivity index (χ3v) is 6.62. The van der Waals surface area contributed by atoms with Crippen LogP contribution in [0, 0.1) is 0 Å². The van der Waals surface area contributed by atoms with Crippen LogP contribution >= 0.6 is 11.6 Å². The third kappa shape index (κ3) is 2.80. The molecule has 0 amide bonds. The molecule has 1 aliphatic heterocycles. The largest absolute Gasteiger partial charge is 0.507 e. The second-order valence-electron chi connectivity index (χ2n) is 8.38. The zero-order chi connectivity index (χ0) is 20.5. The highest BCUT2D eigenvalue weighted by Crippen LogP contribution is 2.41. The first-order valence-electron chi connectivity index (χ1n) is 10.1. The molecule has 6 rings (SSSR count). The van der Waals surface area contributed by atoms with Gasteiger partial charge in [0.05, 0.1) is 28.1 Å². The van der Waals surface area contributed by atoms with E-state index >= 15 is 0 Å². The molecule has 7 nitrogen and oxygen atoms in total. The Bertz CT molecular complexity index is 1310. The molecule has 1 spiro atoms. The number of halogens is 1. The number of phenols is 1. The molecule has 2 N–H and O–H groups in total. The number of piperazine rings is 1. The predicted molar refractivity (Wildman–Crippen MR) is 118 cm³/mol. The van der Waals surface area contributed by atoms with Gasteiger partial charge in [-0.3, -0.25) is 4.68 Å². The SMILES string of the molecule is Cn1cc2cc(-c3ccc4c(Cl)c(N5CCNC6(CC6)C5)cnc4n3)c(O)cc2n1. The second kappa shape index (κ2) is 6.30. The van der Waals surface area contributed by atoms with Crippen molar-refractivity contribution in [1.82, 2.24) is 25.1 Å². The molecule has 4 heterocycles. The van der Waals surface area contributed by atoms with Gasteiger partial charge in [-0.15, -0.1) is 0 Å². The molecule has 0 unspecified atom stereocenters. The number of aromatic hydroxyl groups is 1. The van der Waals surface area contributed by atoms with Gasteiger partial charge < -0.3 is 15.3 Å². The van der Waals surface area contributed by atoms with Crippen molar-refractivity contribution in [2.75, 3.05) is 24.5 Å². The van der Waals surface area contributed by atoms with Gasteiger partial charge in [0.15, 0.2) is 5.65 Å². The summed E-state index contributed by atoms with van der Waals surface area (Å²) in [6.45, 7) is 2.84. The first-order chi connectivity index (χ1) is 14.5. The number of fused-ring (bicyclic) bond motifs is 2. The average molecular weight is 421 g/mol. The van der Waals surface area contributed by atoms with Crippen molar-refractivity contribution in [3.05, 3.63) is 41.7 Å². The fourth-order valence-corrected chi connectivity index (χ4v) is 4.76. The number of nitrogens with zero attached hydrogens (tertiary/aromatic N) is 5. The Morgan fingerprint density at radius 1 is 1.23 bits per heavy atom. The van der Waals surface area contributed by atoms with Gasteiger partial charge in [0.1, 0.15) is 5.75 Å². The predicted octanol–water partition coefficient (Wildman–Crippen LogP) is 3.48. The van der Waals surface area contributed by atoms with Crippen LogP contribution in [0.3, 0.4) is 0 Å². The maximum absolute atomic E-state index is 10.5. The summed E-state index contributed by atoms with van der Waals surface area (Å²) >= 11 is 6.80. The Morgan fingerprint density at radius 2 is 2.10 bits per heavy atom. The van der Waals surface area contributed by atoms with Crippen LogP contribution in [-0.4, -0.2) is 50.0 Å². The highest BCUT2D eigenvalue weighted by Gasteiger charge is 2.45. The fraction of sp³-hybridized carbons (Fsp3) is 0.318. The number of benzene rings is 1. The quantitative estimate of drug-likeness (QED) is 0.517. The van der Waals surface area contributed by atoms with Crippen molar-refractivity contribution in [3.8, 4) is 17.0 Å². The summed E-state index contributed by atoms with van der Waals surface area (Å²) < 4.78 is 1.73. The van der Waals surface area contributed by atoms with Crippen LogP contribution in [0.15, 0.2) is 36.7 Å². The van der Waals surface area contributed by atoms with E-state index in [1.54, 1.807) is 10.7 Å². The molecule has 152 valence electrons. The van der Waals surface area contributed by atoms with Crippen molar-refractivity contribution < 1.29 is 5.11 Å². The van der Waals surface area contributed by atoms with E-state index in [0.29, 0.717) is 21.9 Å². The average Bonchev–Trinajstić information content (AvgIpc) is 3.37. The molecule has 1 aliphatic carbocycles. The van der Waals surface area contributed by atoms with Crippen molar-refractivity contribution in [1.29, 1.82) is 0 Å². The maximum Gasteiger partial charge on any atom is 0.161 e. The summed E-state index contributed by atoms with van der Waals surface area (Å²) in [6, 6.07) is 7.39. The molecule has 0 radical (unpaired) electrons. The number of hydrogen-bond acceptors (Lipinski definition) is 6. The number of phenolic OH excluding ortho intramolecular Hbond substituents is 1. The van der Waals surface area contributed by atoms with Crippen molar-refractivity contribution >= 4 is 39.2 Å². The Labute approximate surface area is 178 Å². The van der Waals surface area contributed by atoms with Crippen LogP contribution in [0.5, 0.6) is 5.75 Å². The van der Waals surface area contributed by atoms with Gasteiger partial charge in [-0.1, -0.05) is 11.6 Å². The molecule has 3 aromatic heterocycles. The van der Waals surface area contributed by atoms with E-state index in [-0.39, 0.29) is 11.3 Å². The standard InChI is InChI=1S/C22H21ClN6O/c1-28-11-13-8-15(19(30)9-17(13)27-28)16-3-2-14-20(23)18(10-24-21(14)26-16)29-7-6-25-22(12-29)4-5-22/h2-3,8-11,25,30H,4-7,12H2,1H3. The van der Waals surface area contributed by atoms with Gasteiger partial charge in [0.25, 0.3) is 0 Å². The molecular weight excluding hydrogens is 400 g/mol. The van der Waals surface area contributed by atoms with Gasteiger partial charge in [-0.2, -0.15) is 5.10 Å². The fourth-order valence-electron chi connectivity index (χ4n) is 4.44. The number of hydrogen-bond donors (Lipinski definition) is 2. The van der Waals surface area contributed by atoms with Crippen LogP contribution < -0.4 is 10.2 Å². The lowest BCUT2D eigenvalue weighted by Gasteiger charge is -2.36. The summed E-state index contributed by atoms with van der Waals surface area (Å²) in [4.78, 5) is 11.6. The Morgan fingerprint density at radius 3 is 2.93 bits per heavy atom. The molecule has 1 saturated carbocycles. The molecule has 1 aromatic carbocycles. The van der Waals surface area contributed by atoms with Crippen LogP contribution in [0.2, 0.25) is 5.02 Å². The van der Waals surface area contributed by atoms with Crippen molar-refractivity contribution in [3.63, 3.8) is 0 Å². The topological polar surface area (TPSA) is 79.1 Å². The summed E-state index contributed by atoms with van der Waals surface area (Å²) in [6.07, 6.45) is 6.18. The molecule has 1 saturated heterocycles. The van der Waals surface area contributed by atoms with Gasteiger partial charge in [-0.05, 0) is 31.0 Å². The summed E-state index contributed by atoms with van der Waals surface area (Å²) in [7, 11) is 1.86. The number of pyridine rings is 2. The van der Waals surface area contributed by atoms with Crippen LogP contribution in [0.4, 0.5) is 5.69 Å². The van der Waals surface area contributed by atoms with Crippen molar-refractivity contribution in [2.45, 2.75) is 18.4 Å². The molecule has 0 atom stereocenters. The van der Waals surface area contributed by atoms with Crippen LogP contribution in [0.1, 0.15) is 12.8 Å². The van der Waals surface area contributed by atoms with Crippen molar-refractivity contribution in [2.24, 2.45) is 7.05 Å². The lowest BCUT2D eigenvalue weighted by Crippen LogP contribution is -2.52. The summed E-state index contributed by atoms with van der Waals surface area (Å²) in [5.74, 6) is 0.145. The second-order valence-corrected chi connectivity index (χ2v) is 8.76. The Kier molecular flexibility index (Phi) is 3.76. The first-order valence-corrected chi connectivity index (χ1v) is 10.5. The summed E-state index contributed by atoms with van der Waals surface area (Å²) in [5, 5.41) is 20.9. The monoisotopic (exact) mass is 420 g/mol. The highest BCUT2D eigenvalue weighted by molar-refractivity contribution is 6.37. The zero-order valence-corrected chi connectivity index (χ0v) is 17.3. The van der Waals surface area contributed by atoms with E-state index in [0.717, 1.165) is 41.6 Å². The summed E-state index contributed by atoms with van der Waals surface area (Å²) in [5.41, 5.74) is 3.85. The number of nitrogens with one attached hydrogen (secondary N) is 1. The lowest BCUT2D eigenvalue weighted by molar-refractivity contribution is 0.442. The van der Waals surface area contributed by atoms with E-state index in [9.17, 15) is 5.11 Å². The molecule has 0 bridgehead atoms. The van der Waals surface area contributed by atoms with Crippen LogP contribution in [-0.2, 0) is 7.05 Å². The Hall–Kier alpha value is -2.90. The minimum Gasteiger partial charge on any atom is -0.507 e. The van der Waals surface area contributed by atoms with E-state index < -0.39 is 0 Å². The van der Waals surface area contributed by atoms with Gasteiger partial charge in [0, 0.05) is 60.8 Å². The number of aromatic nitrogens is 4. The zero-order valence-electron chi connectivity index (χ0n) is 16.6. The minimum absolute atomic E-state index is 0.145. The molecule has 8 heteroatoms. The minimum atomic E-state index is 0.145. The highest BCUT2D eigenvalue weighted by atomic mass is 35.5. The molecule has 2 fully saturated rings.